The predicted octanol–water partition coefficient (Wildman–Crippen LogP) is 4.43. The average molecular weight is 450 g/mol. The van der Waals surface area contributed by atoms with Gasteiger partial charge in [-0.05, 0) is 66.0 Å². The maximum Gasteiger partial charge on any atom is 0.181 e. The van der Waals surface area contributed by atoms with Gasteiger partial charge in [-0.15, -0.1) is 11.3 Å². The summed E-state index contributed by atoms with van der Waals surface area (Å²) < 4.78 is 46.9. The Morgan fingerprint density at radius 1 is 1.20 bits per heavy atom. The Hall–Kier alpha value is -2.52. The Kier molecular flexibility index (Phi) is 4.66. The van der Waals surface area contributed by atoms with E-state index in [1.54, 1.807) is 26.8 Å². The fourth-order valence-corrected chi connectivity index (χ4v) is 6.59. The summed E-state index contributed by atoms with van der Waals surface area (Å²) >= 11 is 1.13. The molecule has 0 fully saturated rings. The number of hydrogen-bond donors (Lipinski definition) is 1. The molecule has 2 N–H and O–H groups in total. The molecule has 158 valence electrons. The summed E-state index contributed by atoms with van der Waals surface area (Å²) in [5.74, 6) is 3.55. The Morgan fingerprint density at radius 2 is 1.90 bits per heavy atom. The summed E-state index contributed by atoms with van der Waals surface area (Å²) in [5, 5.41) is 0. The third kappa shape index (κ3) is 3.26. The highest BCUT2D eigenvalue weighted by Gasteiger charge is 2.46. The van der Waals surface area contributed by atoms with Crippen LogP contribution in [0.4, 0.5) is 8.78 Å². The maximum atomic E-state index is 15.0. The lowest BCUT2D eigenvalue weighted by molar-refractivity contribution is 0.506. The monoisotopic (exact) mass is 449 g/mol. The van der Waals surface area contributed by atoms with Gasteiger partial charge in [0.25, 0.3) is 0 Å². The average Bonchev–Trinajstić information content (AvgIpc) is 3.29. The van der Waals surface area contributed by atoms with Gasteiger partial charge in [-0.2, -0.15) is 0 Å². The van der Waals surface area contributed by atoms with Crippen molar-refractivity contribution >= 4 is 32.6 Å². The Labute approximate surface area is 177 Å². The molecule has 2 atom stereocenters. The van der Waals surface area contributed by atoms with Crippen LogP contribution in [0.3, 0.4) is 0 Å². The van der Waals surface area contributed by atoms with E-state index in [2.05, 4.69) is 15.8 Å². The first-order valence-electron chi connectivity index (χ1n) is 9.13. The van der Waals surface area contributed by atoms with Gasteiger partial charge in [0.2, 0.25) is 0 Å². The molecule has 0 spiro atoms. The predicted molar refractivity (Wildman–Crippen MR) is 118 cm³/mol. The van der Waals surface area contributed by atoms with Crippen molar-refractivity contribution in [2.75, 3.05) is 5.75 Å². The first-order chi connectivity index (χ1) is 13.9. The molecular weight excluding hydrogens is 428 g/mol. The lowest BCUT2D eigenvalue weighted by Crippen LogP contribution is -2.54. The van der Waals surface area contributed by atoms with E-state index in [4.69, 9.17) is 10.2 Å². The molecule has 1 aliphatic heterocycles. The third-order valence-corrected chi connectivity index (χ3v) is 10.0. The van der Waals surface area contributed by atoms with Crippen LogP contribution in [0.1, 0.15) is 25.6 Å². The van der Waals surface area contributed by atoms with Gasteiger partial charge < -0.3 is 10.2 Å². The number of halogens is 2. The van der Waals surface area contributed by atoms with E-state index in [1.165, 1.54) is 30.8 Å². The summed E-state index contributed by atoms with van der Waals surface area (Å²) in [6.45, 7) is 5.16. The van der Waals surface area contributed by atoms with Gasteiger partial charge in [0, 0.05) is 16.2 Å². The van der Waals surface area contributed by atoms with Gasteiger partial charge in [0.15, 0.2) is 12.2 Å². The van der Waals surface area contributed by atoms with Crippen molar-refractivity contribution in [1.29, 1.82) is 0 Å². The fraction of sp³-hybridized carbons (Fsp3) is 0.286. The minimum atomic E-state index is -2.68. The molecule has 2 aromatic heterocycles. The number of nitrogens with two attached hydrogens (primary N) is 1. The second-order valence-corrected chi connectivity index (χ2v) is 12.1. The van der Waals surface area contributed by atoms with Gasteiger partial charge in [-0.3, -0.25) is 9.20 Å². The number of amidine groups is 1. The van der Waals surface area contributed by atoms with Crippen LogP contribution in [0.2, 0.25) is 0 Å². The van der Waals surface area contributed by atoms with Crippen LogP contribution in [-0.2, 0) is 15.1 Å². The normalized spacial score (nSPS) is 25.8. The molecular formula is C21H21F2N3O2S2. The highest BCUT2D eigenvalue weighted by Crippen LogP contribution is 2.43. The van der Waals surface area contributed by atoms with E-state index >= 15 is 4.39 Å². The van der Waals surface area contributed by atoms with Crippen molar-refractivity contribution in [3.63, 3.8) is 0 Å². The molecule has 30 heavy (non-hydrogen) atoms. The smallest absolute Gasteiger partial charge is 0.181 e. The van der Waals surface area contributed by atoms with Crippen molar-refractivity contribution in [2.45, 2.75) is 31.1 Å². The van der Waals surface area contributed by atoms with Crippen molar-refractivity contribution in [3.05, 3.63) is 53.4 Å². The molecule has 4 rings (SSSR count). The van der Waals surface area contributed by atoms with Crippen LogP contribution in [0.5, 0.6) is 0 Å². The Balaban J connectivity index is 1.81. The molecule has 1 unspecified atom stereocenters. The molecule has 3 heterocycles. The van der Waals surface area contributed by atoms with E-state index < -0.39 is 31.4 Å². The number of hydrogen-bond acceptors (Lipinski definition) is 6. The summed E-state index contributed by atoms with van der Waals surface area (Å²) in [7, 11) is -2.68. The molecule has 0 aliphatic carbocycles. The lowest BCUT2D eigenvalue weighted by atomic mass is 10.0. The number of thiophene rings is 1. The summed E-state index contributed by atoms with van der Waals surface area (Å²) in [5.41, 5.74) is 5.97. The zero-order valence-corrected chi connectivity index (χ0v) is 18.4. The second kappa shape index (κ2) is 6.75. The molecule has 0 amide bonds. The SMILES string of the molecule is C=S1(=O)C[C@@](C)(c2sc(-c3cc(F)cc(-c4cnco4)c3)cc2F)N=C(N)C1(C)C. The highest BCUT2D eigenvalue weighted by molar-refractivity contribution is 8.02. The summed E-state index contributed by atoms with van der Waals surface area (Å²) in [4.78, 5) is 9.17. The van der Waals surface area contributed by atoms with E-state index in [0.29, 0.717) is 21.8 Å². The molecule has 0 saturated heterocycles. The van der Waals surface area contributed by atoms with E-state index in [1.807, 2.05) is 0 Å². The number of aliphatic imine (C=N–C) groups is 1. The van der Waals surface area contributed by atoms with Crippen LogP contribution in [-0.4, -0.2) is 31.4 Å². The zero-order chi connectivity index (χ0) is 21.9. The standard InChI is InChI=1S/C21H21F2N3O2S2/c1-20(2)19(24)26-21(3,10-30(20,4)27)18-15(23)8-17(29-18)13-5-12(6-14(22)7-13)16-9-25-11-28-16/h5-9,11H,4,10H2,1-3H3,(H2,24,26)/t21-,30?/m0/s1. The number of benzene rings is 1. The van der Waals surface area contributed by atoms with Gasteiger partial charge in [0.05, 0.1) is 15.8 Å². The van der Waals surface area contributed by atoms with Crippen LogP contribution in [0.15, 0.2) is 46.3 Å². The van der Waals surface area contributed by atoms with Crippen molar-refractivity contribution in [1.82, 2.24) is 4.98 Å². The van der Waals surface area contributed by atoms with Crippen LogP contribution < -0.4 is 5.73 Å². The number of nitrogens with zero attached hydrogens (tertiary/aromatic N) is 2. The number of aromatic nitrogens is 1. The minimum Gasteiger partial charge on any atom is -0.444 e. The molecule has 1 aliphatic rings. The zero-order valence-electron chi connectivity index (χ0n) is 16.7. The number of oxazole rings is 1. The van der Waals surface area contributed by atoms with Crippen molar-refractivity contribution in [3.8, 4) is 21.8 Å². The van der Waals surface area contributed by atoms with Crippen LogP contribution in [0.25, 0.3) is 21.8 Å². The molecule has 0 radical (unpaired) electrons. The second-order valence-electron chi connectivity index (χ2n) is 8.12. The first kappa shape index (κ1) is 20.7. The fourth-order valence-electron chi connectivity index (χ4n) is 3.48. The summed E-state index contributed by atoms with van der Waals surface area (Å²) in [6, 6.07) is 5.68. The third-order valence-electron chi connectivity index (χ3n) is 5.50. The first-order valence-corrected chi connectivity index (χ1v) is 11.8. The van der Waals surface area contributed by atoms with Crippen molar-refractivity contribution in [2.24, 2.45) is 10.7 Å². The van der Waals surface area contributed by atoms with Gasteiger partial charge >= 0.3 is 0 Å². The molecule has 5 nitrogen and oxygen atoms in total. The molecule has 3 aromatic rings. The number of rotatable bonds is 3. The van der Waals surface area contributed by atoms with Crippen LogP contribution in [0, 0.1) is 11.6 Å². The molecule has 0 bridgehead atoms. The lowest BCUT2D eigenvalue weighted by Gasteiger charge is -2.40. The molecule has 0 saturated carbocycles. The van der Waals surface area contributed by atoms with E-state index in [9.17, 15) is 8.60 Å². The summed E-state index contributed by atoms with van der Waals surface area (Å²) in [6.07, 6.45) is 2.74. The van der Waals surface area contributed by atoms with Gasteiger partial charge in [-0.25, -0.2) is 13.8 Å². The van der Waals surface area contributed by atoms with E-state index in [-0.39, 0.29) is 16.5 Å². The van der Waals surface area contributed by atoms with Gasteiger partial charge in [-0.1, -0.05) is 0 Å². The highest BCUT2D eigenvalue weighted by atomic mass is 32.2. The Morgan fingerprint density at radius 3 is 2.53 bits per heavy atom. The Bertz CT molecular complexity index is 1260. The quantitative estimate of drug-likeness (QED) is 0.600. The minimum absolute atomic E-state index is 0.0665. The largest absolute Gasteiger partial charge is 0.444 e. The van der Waals surface area contributed by atoms with Crippen molar-refractivity contribution < 1.29 is 17.4 Å². The van der Waals surface area contributed by atoms with Gasteiger partial charge in [0.1, 0.15) is 23.0 Å². The molecule has 9 heteroatoms. The molecule has 1 aromatic carbocycles. The van der Waals surface area contributed by atoms with E-state index in [0.717, 1.165) is 11.3 Å². The topological polar surface area (TPSA) is 81.5 Å². The maximum absolute atomic E-state index is 15.0. The van der Waals surface area contributed by atoms with Crippen LogP contribution >= 0.6 is 11.3 Å².